The number of hydrogen-bond donors (Lipinski definition) is 0. The molecule has 2 rings (SSSR count). The van der Waals surface area contributed by atoms with Gasteiger partial charge in [-0.25, -0.2) is 4.39 Å². The molecular weight excluding hydrogens is 379 g/mol. The van der Waals surface area contributed by atoms with Gasteiger partial charge in [0, 0.05) is 21.0 Å². The highest BCUT2D eigenvalue weighted by atomic mass is 79.9. The summed E-state index contributed by atoms with van der Waals surface area (Å²) in [5, 5.41) is 3.77. The average Bonchev–Trinajstić information content (AvgIpc) is 2.90. The molecule has 0 saturated heterocycles. The van der Waals surface area contributed by atoms with Crippen LogP contribution in [-0.4, -0.2) is 10.7 Å². The van der Waals surface area contributed by atoms with E-state index in [2.05, 4.69) is 49.4 Å². The maximum Gasteiger partial charge on any atom is 0.123 e. The standard InChI is InChI=1S/C14H13Br2FS/c15-9-14(10-16,8-13-2-1-7-18-13)11-3-5-12(17)6-4-11/h1-7H,8-10H2. The monoisotopic (exact) mass is 390 g/mol. The van der Waals surface area contributed by atoms with E-state index in [1.165, 1.54) is 17.0 Å². The fourth-order valence-corrected chi connectivity index (χ4v) is 4.76. The van der Waals surface area contributed by atoms with Crippen LogP contribution in [0, 0.1) is 5.82 Å². The maximum absolute atomic E-state index is 13.0. The Morgan fingerprint density at radius 2 is 1.72 bits per heavy atom. The molecule has 0 aliphatic heterocycles. The van der Waals surface area contributed by atoms with E-state index in [1.807, 2.05) is 12.1 Å². The minimum atomic E-state index is -0.187. The average molecular weight is 392 g/mol. The Hall–Kier alpha value is -0.190. The zero-order chi connectivity index (χ0) is 13.0. The summed E-state index contributed by atoms with van der Waals surface area (Å²) in [6.07, 6.45) is 0.951. The van der Waals surface area contributed by atoms with Crippen LogP contribution in [0.25, 0.3) is 0 Å². The molecule has 1 aromatic carbocycles. The zero-order valence-corrected chi connectivity index (χ0v) is 13.7. The number of hydrogen-bond acceptors (Lipinski definition) is 1. The van der Waals surface area contributed by atoms with E-state index in [9.17, 15) is 4.39 Å². The molecule has 0 aliphatic rings. The van der Waals surface area contributed by atoms with Crippen molar-refractivity contribution in [3.05, 3.63) is 58.0 Å². The molecule has 96 valence electrons. The van der Waals surface area contributed by atoms with Crippen molar-refractivity contribution >= 4 is 43.2 Å². The van der Waals surface area contributed by atoms with Crippen molar-refractivity contribution in [3.8, 4) is 0 Å². The molecule has 0 bridgehead atoms. The van der Waals surface area contributed by atoms with Crippen LogP contribution in [0.2, 0.25) is 0 Å². The van der Waals surface area contributed by atoms with Gasteiger partial charge in [0.25, 0.3) is 0 Å². The summed E-state index contributed by atoms with van der Waals surface area (Å²) >= 11 is 8.99. The summed E-state index contributed by atoms with van der Waals surface area (Å²) in [6.45, 7) is 0. The third-order valence-corrected chi connectivity index (χ3v) is 6.08. The van der Waals surface area contributed by atoms with E-state index in [4.69, 9.17) is 0 Å². The maximum atomic E-state index is 13.0. The topological polar surface area (TPSA) is 0 Å². The Balaban J connectivity index is 2.33. The molecule has 0 N–H and O–H groups in total. The molecule has 0 nitrogen and oxygen atoms in total. The minimum Gasteiger partial charge on any atom is -0.207 e. The fraction of sp³-hybridized carbons (Fsp3) is 0.286. The highest BCUT2D eigenvalue weighted by Gasteiger charge is 2.30. The van der Waals surface area contributed by atoms with Gasteiger partial charge in [-0.15, -0.1) is 11.3 Å². The van der Waals surface area contributed by atoms with Crippen molar-refractivity contribution in [2.75, 3.05) is 10.7 Å². The molecule has 0 spiro atoms. The zero-order valence-electron chi connectivity index (χ0n) is 9.70. The van der Waals surface area contributed by atoms with Crippen LogP contribution in [0.4, 0.5) is 4.39 Å². The third-order valence-electron chi connectivity index (χ3n) is 3.06. The molecule has 0 saturated carbocycles. The molecule has 1 aromatic heterocycles. The second-order valence-corrected chi connectivity index (χ2v) is 6.46. The smallest absolute Gasteiger partial charge is 0.123 e. The quantitative estimate of drug-likeness (QED) is 0.617. The van der Waals surface area contributed by atoms with Crippen LogP contribution < -0.4 is 0 Å². The van der Waals surface area contributed by atoms with Gasteiger partial charge in [0.15, 0.2) is 0 Å². The van der Waals surface area contributed by atoms with Crippen molar-refractivity contribution in [2.45, 2.75) is 11.8 Å². The van der Waals surface area contributed by atoms with Gasteiger partial charge in [-0.3, -0.25) is 0 Å². The largest absolute Gasteiger partial charge is 0.207 e. The molecule has 0 radical (unpaired) electrons. The molecule has 2 aromatic rings. The van der Waals surface area contributed by atoms with Crippen LogP contribution in [0.15, 0.2) is 41.8 Å². The first-order valence-corrected chi connectivity index (χ1v) is 8.73. The summed E-state index contributed by atoms with van der Waals surface area (Å²) in [4.78, 5) is 1.35. The number of halogens is 3. The predicted octanol–water partition coefficient (Wildman–Crippen LogP) is 5.16. The fourth-order valence-electron chi connectivity index (χ4n) is 1.94. The van der Waals surface area contributed by atoms with Crippen LogP contribution in [0.3, 0.4) is 0 Å². The number of benzene rings is 1. The molecule has 4 heteroatoms. The number of thiophene rings is 1. The first-order valence-electron chi connectivity index (χ1n) is 5.60. The Labute approximate surface area is 127 Å². The summed E-state index contributed by atoms with van der Waals surface area (Å²) in [5.74, 6) is -0.187. The SMILES string of the molecule is Fc1ccc(C(CBr)(CBr)Cc2cccs2)cc1. The van der Waals surface area contributed by atoms with E-state index in [0.717, 1.165) is 22.6 Å². The summed E-state index contributed by atoms with van der Waals surface area (Å²) in [7, 11) is 0. The molecular formula is C14H13Br2FS. The predicted molar refractivity (Wildman–Crippen MR) is 83.7 cm³/mol. The van der Waals surface area contributed by atoms with E-state index < -0.39 is 0 Å². The third kappa shape index (κ3) is 3.03. The van der Waals surface area contributed by atoms with Gasteiger partial charge in [0.2, 0.25) is 0 Å². The molecule has 0 unspecified atom stereocenters. The highest BCUT2D eigenvalue weighted by molar-refractivity contribution is 9.09. The molecule has 0 aliphatic carbocycles. The van der Waals surface area contributed by atoms with E-state index in [0.29, 0.717) is 0 Å². The lowest BCUT2D eigenvalue weighted by Crippen LogP contribution is -2.32. The minimum absolute atomic E-state index is 0.0292. The Morgan fingerprint density at radius 1 is 1.06 bits per heavy atom. The second kappa shape index (κ2) is 6.31. The lowest BCUT2D eigenvalue weighted by molar-refractivity contribution is 0.552. The van der Waals surface area contributed by atoms with E-state index in [-0.39, 0.29) is 11.2 Å². The first-order chi connectivity index (χ1) is 8.70. The van der Waals surface area contributed by atoms with Crippen LogP contribution in [0.5, 0.6) is 0 Å². The van der Waals surface area contributed by atoms with Crippen molar-refractivity contribution in [2.24, 2.45) is 0 Å². The number of rotatable bonds is 5. The highest BCUT2D eigenvalue weighted by Crippen LogP contribution is 2.34. The summed E-state index contributed by atoms with van der Waals surface area (Å²) in [6, 6.07) is 11.0. The van der Waals surface area contributed by atoms with Crippen LogP contribution >= 0.6 is 43.2 Å². The Kier molecular flexibility index (Phi) is 4.98. The van der Waals surface area contributed by atoms with Crippen molar-refractivity contribution < 1.29 is 4.39 Å². The summed E-state index contributed by atoms with van der Waals surface area (Å²) in [5.41, 5.74) is 1.13. The lowest BCUT2D eigenvalue weighted by Gasteiger charge is -2.30. The van der Waals surface area contributed by atoms with Gasteiger partial charge >= 0.3 is 0 Å². The van der Waals surface area contributed by atoms with Gasteiger partial charge in [-0.1, -0.05) is 50.1 Å². The van der Waals surface area contributed by atoms with E-state index in [1.54, 1.807) is 11.3 Å². The lowest BCUT2D eigenvalue weighted by atomic mass is 9.81. The van der Waals surface area contributed by atoms with E-state index >= 15 is 0 Å². The molecule has 1 heterocycles. The van der Waals surface area contributed by atoms with Crippen LogP contribution in [-0.2, 0) is 11.8 Å². The van der Waals surface area contributed by atoms with Gasteiger partial charge in [0.05, 0.1) is 0 Å². The van der Waals surface area contributed by atoms with Crippen molar-refractivity contribution in [3.63, 3.8) is 0 Å². The van der Waals surface area contributed by atoms with Gasteiger partial charge in [0.1, 0.15) is 5.82 Å². The van der Waals surface area contributed by atoms with Crippen molar-refractivity contribution in [1.29, 1.82) is 0 Å². The van der Waals surface area contributed by atoms with Gasteiger partial charge < -0.3 is 0 Å². The molecule has 0 atom stereocenters. The Morgan fingerprint density at radius 3 is 2.22 bits per heavy atom. The normalized spacial score (nSPS) is 11.7. The molecule has 18 heavy (non-hydrogen) atoms. The molecule has 0 fully saturated rings. The Bertz CT molecular complexity index is 475. The van der Waals surface area contributed by atoms with Gasteiger partial charge in [-0.2, -0.15) is 0 Å². The van der Waals surface area contributed by atoms with Gasteiger partial charge in [-0.05, 0) is 35.6 Å². The molecule has 0 amide bonds. The second-order valence-electron chi connectivity index (χ2n) is 4.31. The number of alkyl halides is 2. The summed E-state index contributed by atoms with van der Waals surface area (Å²) < 4.78 is 13.0. The first kappa shape index (κ1) is 14.2. The van der Waals surface area contributed by atoms with Crippen molar-refractivity contribution in [1.82, 2.24) is 0 Å². The van der Waals surface area contributed by atoms with Crippen LogP contribution in [0.1, 0.15) is 10.4 Å².